The van der Waals surface area contributed by atoms with E-state index in [9.17, 15) is 9.59 Å². The molecule has 6 nitrogen and oxygen atoms in total. The Morgan fingerprint density at radius 2 is 1.85 bits per heavy atom. The number of rotatable bonds is 9. The summed E-state index contributed by atoms with van der Waals surface area (Å²) >= 11 is 0. The summed E-state index contributed by atoms with van der Waals surface area (Å²) in [4.78, 5) is 23.8. The molecule has 1 aromatic heterocycles. The fraction of sp³-hybridized carbons (Fsp3) is 0.429. The third-order valence-corrected chi connectivity index (χ3v) is 4.52. The maximum Gasteiger partial charge on any atom is 0.305 e. The van der Waals surface area contributed by atoms with E-state index in [-0.39, 0.29) is 24.3 Å². The largest absolute Gasteiger partial charge is 0.459 e. The topological polar surface area (TPSA) is 88.0 Å². The summed E-state index contributed by atoms with van der Waals surface area (Å²) in [7, 11) is 0. The van der Waals surface area contributed by atoms with Crippen LogP contribution >= 0.6 is 0 Å². The summed E-state index contributed by atoms with van der Waals surface area (Å²) in [6.07, 6.45) is 4.90. The molecular formula is C21H30N3O3+. The number of unbranched alkanes of at least 4 members (excludes halogenated alkanes) is 1. The van der Waals surface area contributed by atoms with Gasteiger partial charge in [-0.1, -0.05) is 51.5 Å². The molecule has 0 fully saturated rings. The Morgan fingerprint density at radius 1 is 1.11 bits per heavy atom. The molecular weight excluding hydrogens is 342 g/mol. The summed E-state index contributed by atoms with van der Waals surface area (Å²) in [6, 6.07) is 12.0. The Morgan fingerprint density at radius 3 is 2.44 bits per heavy atom. The number of hydrogen-bond donors (Lipinski definition) is 3. The molecule has 146 valence electrons. The Kier molecular flexibility index (Phi) is 8.07. The predicted octanol–water partition coefficient (Wildman–Crippen LogP) is 2.34. The molecule has 0 saturated carbocycles. The van der Waals surface area contributed by atoms with Gasteiger partial charge in [0.1, 0.15) is 6.04 Å². The standard InChI is InChI=1S/C21H29N3O3/c1-4-5-7-16-9-11-17(12-10-16)20(15(2)3)22-14-19(25)23-24-21(26)18-8-6-13-27-18/h6,8-13,15,20,22H,4-5,7,14H2,1-3H3,(H,23,25)(H,24,26)/p+1/t20-/m1/s1. The minimum atomic E-state index is -0.476. The Hall–Kier alpha value is -2.60. The first-order valence-corrected chi connectivity index (χ1v) is 9.56. The van der Waals surface area contributed by atoms with Crippen molar-refractivity contribution in [1.29, 1.82) is 0 Å². The lowest BCUT2D eigenvalue weighted by Crippen LogP contribution is -2.88. The molecule has 2 aromatic rings. The van der Waals surface area contributed by atoms with Gasteiger partial charge < -0.3 is 9.73 Å². The SMILES string of the molecule is CCCCc1ccc([C@H]([NH2+]CC(=O)NNC(=O)c2ccco2)C(C)C)cc1. The third kappa shape index (κ3) is 6.57. The van der Waals surface area contributed by atoms with E-state index in [4.69, 9.17) is 4.42 Å². The molecule has 0 aliphatic carbocycles. The molecule has 0 saturated heterocycles. The lowest BCUT2D eigenvalue weighted by Gasteiger charge is -2.20. The van der Waals surface area contributed by atoms with Crippen LogP contribution in [0, 0.1) is 5.92 Å². The Balaban J connectivity index is 1.84. The normalized spacial score (nSPS) is 12.0. The fourth-order valence-electron chi connectivity index (χ4n) is 2.96. The van der Waals surface area contributed by atoms with Crippen molar-refractivity contribution in [3.05, 3.63) is 59.5 Å². The van der Waals surface area contributed by atoms with Gasteiger partial charge in [0.15, 0.2) is 12.3 Å². The van der Waals surface area contributed by atoms with Crippen molar-refractivity contribution in [1.82, 2.24) is 10.9 Å². The molecule has 0 radical (unpaired) electrons. The molecule has 0 spiro atoms. The van der Waals surface area contributed by atoms with Gasteiger partial charge in [0.2, 0.25) is 0 Å². The lowest BCUT2D eigenvalue weighted by atomic mass is 9.94. The van der Waals surface area contributed by atoms with E-state index in [0.717, 1.165) is 6.42 Å². The van der Waals surface area contributed by atoms with E-state index in [1.54, 1.807) is 6.07 Å². The van der Waals surface area contributed by atoms with Crippen LogP contribution in [0.25, 0.3) is 0 Å². The zero-order chi connectivity index (χ0) is 19.6. The number of amides is 2. The zero-order valence-electron chi connectivity index (χ0n) is 16.3. The molecule has 2 rings (SSSR count). The highest BCUT2D eigenvalue weighted by atomic mass is 16.3. The highest BCUT2D eigenvalue weighted by molar-refractivity contribution is 5.92. The minimum absolute atomic E-state index is 0.155. The summed E-state index contributed by atoms with van der Waals surface area (Å²) < 4.78 is 4.98. The van der Waals surface area contributed by atoms with Gasteiger partial charge in [-0.05, 0) is 30.5 Å². The Labute approximate surface area is 160 Å². The van der Waals surface area contributed by atoms with Crippen LogP contribution in [0.3, 0.4) is 0 Å². The van der Waals surface area contributed by atoms with E-state index in [2.05, 4.69) is 55.9 Å². The molecule has 0 aliphatic rings. The fourth-order valence-corrected chi connectivity index (χ4v) is 2.96. The third-order valence-electron chi connectivity index (χ3n) is 4.52. The number of benzene rings is 1. The maximum atomic E-state index is 12.1. The van der Waals surface area contributed by atoms with Gasteiger partial charge in [0.05, 0.1) is 6.26 Å². The quantitative estimate of drug-likeness (QED) is 0.591. The number of hydrogen-bond acceptors (Lipinski definition) is 3. The first-order chi connectivity index (χ1) is 13.0. The predicted molar refractivity (Wildman–Crippen MR) is 104 cm³/mol. The van der Waals surface area contributed by atoms with E-state index in [0.29, 0.717) is 5.92 Å². The van der Waals surface area contributed by atoms with Crippen LogP contribution in [0.15, 0.2) is 47.1 Å². The Bertz CT molecular complexity index is 709. The molecule has 2 amide bonds. The average Bonchev–Trinajstić information content (AvgIpc) is 3.20. The van der Waals surface area contributed by atoms with Crippen LogP contribution in [-0.2, 0) is 11.2 Å². The minimum Gasteiger partial charge on any atom is -0.459 e. The van der Waals surface area contributed by atoms with Gasteiger partial charge in [-0.25, -0.2) is 0 Å². The monoisotopic (exact) mass is 372 g/mol. The van der Waals surface area contributed by atoms with Crippen LogP contribution in [0.4, 0.5) is 0 Å². The van der Waals surface area contributed by atoms with Gasteiger partial charge in [-0.2, -0.15) is 0 Å². The molecule has 27 heavy (non-hydrogen) atoms. The number of nitrogens with one attached hydrogen (secondary N) is 2. The molecule has 0 unspecified atom stereocenters. The van der Waals surface area contributed by atoms with Gasteiger partial charge in [-0.15, -0.1) is 0 Å². The van der Waals surface area contributed by atoms with Crippen LogP contribution in [0.5, 0.6) is 0 Å². The molecule has 1 aromatic carbocycles. The van der Waals surface area contributed by atoms with Crippen molar-refractivity contribution in [3.8, 4) is 0 Å². The first kappa shape index (κ1) is 20.7. The number of nitrogens with two attached hydrogens (primary N) is 1. The second kappa shape index (κ2) is 10.5. The number of hydrazine groups is 1. The van der Waals surface area contributed by atoms with Crippen molar-refractivity contribution in [2.45, 2.75) is 46.1 Å². The molecule has 1 heterocycles. The van der Waals surface area contributed by atoms with Crippen molar-refractivity contribution in [2.75, 3.05) is 6.54 Å². The van der Waals surface area contributed by atoms with Crippen molar-refractivity contribution in [2.24, 2.45) is 5.92 Å². The molecule has 4 N–H and O–H groups in total. The second-order valence-corrected chi connectivity index (χ2v) is 7.03. The summed E-state index contributed by atoms with van der Waals surface area (Å²) in [5.41, 5.74) is 7.33. The van der Waals surface area contributed by atoms with E-state index < -0.39 is 5.91 Å². The maximum absolute atomic E-state index is 12.1. The number of carbonyl (C=O) groups is 2. The smallest absolute Gasteiger partial charge is 0.305 e. The van der Waals surface area contributed by atoms with Crippen LogP contribution in [-0.4, -0.2) is 18.4 Å². The number of quaternary nitrogens is 1. The average molecular weight is 372 g/mol. The van der Waals surface area contributed by atoms with Gasteiger partial charge in [0, 0.05) is 11.5 Å². The number of aryl methyl sites for hydroxylation is 1. The van der Waals surface area contributed by atoms with Crippen molar-refractivity contribution >= 4 is 11.8 Å². The summed E-state index contributed by atoms with van der Waals surface area (Å²) in [6.45, 7) is 6.70. The van der Waals surface area contributed by atoms with E-state index in [1.165, 1.54) is 36.3 Å². The summed E-state index contributed by atoms with van der Waals surface area (Å²) in [5.74, 6) is -0.212. The highest BCUT2D eigenvalue weighted by Crippen LogP contribution is 2.18. The first-order valence-electron chi connectivity index (χ1n) is 9.56. The van der Waals surface area contributed by atoms with Gasteiger partial charge in [-0.3, -0.25) is 20.4 Å². The van der Waals surface area contributed by atoms with Crippen LogP contribution < -0.4 is 16.2 Å². The molecule has 0 aliphatic heterocycles. The van der Waals surface area contributed by atoms with Gasteiger partial charge >= 0.3 is 5.91 Å². The van der Waals surface area contributed by atoms with Crippen LogP contribution in [0.2, 0.25) is 0 Å². The van der Waals surface area contributed by atoms with E-state index in [1.807, 2.05) is 5.32 Å². The number of furan rings is 1. The summed E-state index contributed by atoms with van der Waals surface area (Å²) in [5, 5.41) is 2.00. The second-order valence-electron chi connectivity index (χ2n) is 7.03. The zero-order valence-corrected chi connectivity index (χ0v) is 16.3. The lowest BCUT2D eigenvalue weighted by molar-refractivity contribution is -0.692. The van der Waals surface area contributed by atoms with E-state index >= 15 is 0 Å². The molecule has 1 atom stereocenters. The number of carbonyl (C=O) groups excluding carboxylic acids is 2. The van der Waals surface area contributed by atoms with Crippen molar-refractivity contribution in [3.63, 3.8) is 0 Å². The van der Waals surface area contributed by atoms with Gasteiger partial charge in [0.25, 0.3) is 5.91 Å². The molecule has 0 bridgehead atoms. The van der Waals surface area contributed by atoms with Crippen LogP contribution in [0.1, 0.15) is 61.3 Å². The molecule has 6 heteroatoms. The highest BCUT2D eigenvalue weighted by Gasteiger charge is 2.20. The van der Waals surface area contributed by atoms with Crippen molar-refractivity contribution < 1.29 is 19.3 Å².